The first kappa shape index (κ1) is 20.2. The molecule has 1 saturated heterocycles. The maximum Gasteiger partial charge on any atom is 0.254 e. The lowest BCUT2D eigenvalue weighted by atomic mass is 10.1. The van der Waals surface area contributed by atoms with E-state index in [1.54, 1.807) is 18.2 Å². The molecule has 0 radical (unpaired) electrons. The molecular formula is C17H26ClN3O3S. The number of sulfonamides is 1. The molecule has 1 amide bonds. The molecule has 6 nitrogen and oxygen atoms in total. The van der Waals surface area contributed by atoms with Gasteiger partial charge in [0.1, 0.15) is 0 Å². The van der Waals surface area contributed by atoms with Gasteiger partial charge in [0.2, 0.25) is 10.0 Å². The maximum absolute atomic E-state index is 12.9. The van der Waals surface area contributed by atoms with Gasteiger partial charge in [-0.05, 0) is 50.4 Å². The largest absolute Gasteiger partial charge is 0.334 e. The van der Waals surface area contributed by atoms with Gasteiger partial charge in [0.25, 0.3) is 5.91 Å². The summed E-state index contributed by atoms with van der Waals surface area (Å²) in [6.45, 7) is 4.44. The molecule has 3 rings (SSSR count). The summed E-state index contributed by atoms with van der Waals surface area (Å²) in [6, 6.07) is 6.62. The van der Waals surface area contributed by atoms with Crippen molar-refractivity contribution in [2.45, 2.75) is 49.6 Å². The van der Waals surface area contributed by atoms with Crippen LogP contribution >= 0.6 is 12.4 Å². The highest BCUT2D eigenvalue weighted by Gasteiger charge is 2.30. The molecule has 140 valence electrons. The van der Waals surface area contributed by atoms with E-state index in [9.17, 15) is 13.2 Å². The predicted octanol–water partition coefficient (Wildman–Crippen LogP) is 1.76. The highest BCUT2D eigenvalue weighted by molar-refractivity contribution is 7.89. The van der Waals surface area contributed by atoms with Crippen molar-refractivity contribution in [3.8, 4) is 0 Å². The number of hydrogen-bond acceptors (Lipinski definition) is 4. The van der Waals surface area contributed by atoms with Crippen LogP contribution in [0.5, 0.6) is 0 Å². The third kappa shape index (κ3) is 4.94. The molecule has 8 heteroatoms. The van der Waals surface area contributed by atoms with E-state index in [2.05, 4.69) is 10.0 Å². The van der Waals surface area contributed by atoms with Crippen LogP contribution in [0.4, 0.5) is 0 Å². The summed E-state index contributed by atoms with van der Waals surface area (Å²) in [5, 5.41) is 3.28. The van der Waals surface area contributed by atoms with Crippen LogP contribution in [0.3, 0.4) is 0 Å². The number of nitrogens with one attached hydrogen (secondary N) is 2. The summed E-state index contributed by atoms with van der Waals surface area (Å²) in [7, 11) is -3.54. The van der Waals surface area contributed by atoms with Crippen LogP contribution in [0.1, 0.15) is 43.0 Å². The zero-order valence-electron chi connectivity index (χ0n) is 14.4. The van der Waals surface area contributed by atoms with E-state index in [-0.39, 0.29) is 35.3 Å². The molecule has 1 aliphatic carbocycles. The van der Waals surface area contributed by atoms with E-state index >= 15 is 0 Å². The van der Waals surface area contributed by atoms with E-state index in [0.717, 1.165) is 38.8 Å². The first-order chi connectivity index (χ1) is 11.5. The fourth-order valence-electron chi connectivity index (χ4n) is 3.05. The Morgan fingerprint density at radius 1 is 1.32 bits per heavy atom. The van der Waals surface area contributed by atoms with Gasteiger partial charge in [0, 0.05) is 30.7 Å². The second-order valence-corrected chi connectivity index (χ2v) is 8.28. The van der Waals surface area contributed by atoms with Crippen LogP contribution in [0, 0.1) is 0 Å². The van der Waals surface area contributed by atoms with Crippen molar-refractivity contribution in [1.29, 1.82) is 0 Å². The van der Waals surface area contributed by atoms with Crippen LogP contribution in [-0.4, -0.2) is 50.9 Å². The molecule has 0 spiro atoms. The Morgan fingerprint density at radius 3 is 2.68 bits per heavy atom. The van der Waals surface area contributed by atoms with Crippen LogP contribution in [-0.2, 0) is 10.0 Å². The van der Waals surface area contributed by atoms with Gasteiger partial charge in [0.15, 0.2) is 0 Å². The van der Waals surface area contributed by atoms with Crippen molar-refractivity contribution >= 4 is 28.3 Å². The predicted molar refractivity (Wildman–Crippen MR) is 99.6 cm³/mol. The number of halogens is 1. The molecule has 1 saturated carbocycles. The Labute approximate surface area is 155 Å². The molecule has 1 heterocycles. The maximum atomic E-state index is 12.9. The van der Waals surface area contributed by atoms with Gasteiger partial charge in [-0.15, -0.1) is 12.4 Å². The summed E-state index contributed by atoms with van der Waals surface area (Å²) < 4.78 is 27.4. The number of hydrogen-bond donors (Lipinski definition) is 2. The van der Waals surface area contributed by atoms with E-state index in [1.807, 2.05) is 11.8 Å². The average molecular weight is 388 g/mol. The molecule has 1 aromatic carbocycles. The van der Waals surface area contributed by atoms with E-state index < -0.39 is 10.0 Å². The number of carbonyl (C=O) groups is 1. The zero-order chi connectivity index (χ0) is 17.2. The second kappa shape index (κ2) is 8.49. The van der Waals surface area contributed by atoms with Gasteiger partial charge >= 0.3 is 0 Å². The van der Waals surface area contributed by atoms with Crippen molar-refractivity contribution in [1.82, 2.24) is 14.9 Å². The van der Waals surface area contributed by atoms with Crippen molar-refractivity contribution in [2.75, 3.05) is 19.6 Å². The fourth-order valence-corrected chi connectivity index (χ4v) is 4.40. The van der Waals surface area contributed by atoms with Gasteiger partial charge in [-0.3, -0.25) is 4.79 Å². The Morgan fingerprint density at radius 2 is 2.08 bits per heavy atom. The molecule has 0 bridgehead atoms. The Bertz CT molecular complexity index is 701. The lowest BCUT2D eigenvalue weighted by Gasteiger charge is -2.28. The monoisotopic (exact) mass is 387 g/mol. The number of benzene rings is 1. The topological polar surface area (TPSA) is 78.5 Å². The Hall–Kier alpha value is -1.15. The molecule has 1 aliphatic heterocycles. The lowest BCUT2D eigenvalue weighted by molar-refractivity contribution is 0.0692. The van der Waals surface area contributed by atoms with Gasteiger partial charge in [-0.1, -0.05) is 13.0 Å². The molecule has 1 atom stereocenters. The number of carbonyl (C=O) groups excluding carboxylic acids is 1. The zero-order valence-corrected chi connectivity index (χ0v) is 16.0. The molecule has 25 heavy (non-hydrogen) atoms. The van der Waals surface area contributed by atoms with Crippen molar-refractivity contribution in [3.63, 3.8) is 0 Å². The van der Waals surface area contributed by atoms with Crippen molar-refractivity contribution < 1.29 is 13.2 Å². The number of amides is 1. The van der Waals surface area contributed by atoms with Crippen LogP contribution < -0.4 is 10.0 Å². The van der Waals surface area contributed by atoms with Gasteiger partial charge in [-0.25, -0.2) is 13.1 Å². The van der Waals surface area contributed by atoms with E-state index in [1.165, 1.54) is 6.07 Å². The molecule has 2 aliphatic rings. The van der Waals surface area contributed by atoms with E-state index in [0.29, 0.717) is 12.1 Å². The van der Waals surface area contributed by atoms with E-state index in [4.69, 9.17) is 0 Å². The minimum atomic E-state index is -3.54. The molecule has 1 aromatic rings. The first-order valence-corrected chi connectivity index (χ1v) is 10.1. The number of rotatable bonds is 7. The van der Waals surface area contributed by atoms with Gasteiger partial charge in [0.05, 0.1) is 4.90 Å². The van der Waals surface area contributed by atoms with Crippen molar-refractivity contribution in [3.05, 3.63) is 29.8 Å². The normalized spacial score (nSPS) is 20.1. The molecule has 2 fully saturated rings. The molecular weight excluding hydrogens is 362 g/mol. The Kier molecular flexibility index (Phi) is 6.85. The minimum absolute atomic E-state index is 0. The fraction of sp³-hybridized carbons (Fsp3) is 0.588. The second-order valence-electron chi connectivity index (χ2n) is 6.57. The van der Waals surface area contributed by atoms with Crippen LogP contribution in [0.25, 0.3) is 0 Å². The average Bonchev–Trinajstić information content (AvgIpc) is 3.21. The first-order valence-electron chi connectivity index (χ1n) is 8.65. The lowest BCUT2D eigenvalue weighted by Crippen LogP contribution is -2.42. The quantitative estimate of drug-likeness (QED) is 0.747. The summed E-state index contributed by atoms with van der Waals surface area (Å²) in [4.78, 5) is 15.0. The minimum Gasteiger partial charge on any atom is -0.334 e. The summed E-state index contributed by atoms with van der Waals surface area (Å²) >= 11 is 0. The standard InChI is InChI=1S/C17H25N3O3S.ClH/c1-2-10-20(15-8-9-18-12-15)17(21)13-4-3-5-16(11-13)24(22,23)19-14-6-7-14;/h3-5,11,14-15,18-19H,2,6-10,12H2,1H3;1H. The van der Waals surface area contributed by atoms with Crippen molar-refractivity contribution in [2.24, 2.45) is 0 Å². The van der Waals surface area contributed by atoms with Crippen LogP contribution in [0.15, 0.2) is 29.2 Å². The van der Waals surface area contributed by atoms with Crippen LogP contribution in [0.2, 0.25) is 0 Å². The highest BCUT2D eigenvalue weighted by atomic mass is 35.5. The highest BCUT2D eigenvalue weighted by Crippen LogP contribution is 2.23. The third-order valence-corrected chi connectivity index (χ3v) is 6.01. The Balaban J connectivity index is 0.00000225. The third-order valence-electron chi connectivity index (χ3n) is 4.49. The summed E-state index contributed by atoms with van der Waals surface area (Å²) in [5.74, 6) is -0.0889. The smallest absolute Gasteiger partial charge is 0.254 e. The molecule has 2 N–H and O–H groups in total. The molecule has 1 unspecified atom stereocenters. The summed E-state index contributed by atoms with van der Waals surface area (Å²) in [6.07, 6.45) is 3.59. The van der Waals surface area contributed by atoms with Gasteiger partial charge in [-0.2, -0.15) is 0 Å². The number of nitrogens with zero attached hydrogens (tertiary/aromatic N) is 1. The SMILES string of the molecule is CCCN(C(=O)c1cccc(S(=O)(=O)NC2CC2)c1)C1CCNC1.Cl. The van der Waals surface area contributed by atoms with Gasteiger partial charge < -0.3 is 10.2 Å². The summed E-state index contributed by atoms with van der Waals surface area (Å²) in [5.41, 5.74) is 0.439. The molecule has 0 aromatic heterocycles.